The average Bonchev–Trinajstić information content (AvgIpc) is 3.15. The maximum Gasteiger partial charge on any atom is 0.255 e. The zero-order chi connectivity index (χ0) is 20.5. The normalized spacial score (nSPS) is 17.2. The predicted octanol–water partition coefficient (Wildman–Crippen LogP) is 1.96. The second-order valence-corrected chi connectivity index (χ2v) is 8.05. The Labute approximate surface area is 174 Å². The number of nitrogens with zero attached hydrogens (tertiary/aromatic N) is 6. The second kappa shape index (κ2) is 7.85. The summed E-state index contributed by atoms with van der Waals surface area (Å²) in [4.78, 5) is 42.2. The Hall–Kier alpha value is -3.29. The number of pyridine rings is 2. The maximum absolute atomic E-state index is 13.0. The molecule has 5 rings (SSSR count). The van der Waals surface area contributed by atoms with E-state index in [9.17, 15) is 9.59 Å². The molecule has 1 aliphatic heterocycles. The first kappa shape index (κ1) is 18.7. The van der Waals surface area contributed by atoms with E-state index in [4.69, 9.17) is 0 Å². The van der Waals surface area contributed by atoms with E-state index in [1.807, 2.05) is 27.8 Å². The summed E-state index contributed by atoms with van der Waals surface area (Å²) in [5.74, 6) is 0.415. The molecular formula is C22H24N6O2. The fourth-order valence-corrected chi connectivity index (χ4v) is 4.10. The molecule has 0 aromatic carbocycles. The van der Waals surface area contributed by atoms with Gasteiger partial charge in [0.25, 0.3) is 5.91 Å². The molecule has 3 aromatic heterocycles. The largest absolute Gasteiger partial charge is 0.339 e. The van der Waals surface area contributed by atoms with Gasteiger partial charge in [-0.05, 0) is 30.5 Å². The van der Waals surface area contributed by atoms with Crippen molar-refractivity contribution >= 4 is 23.0 Å². The third-order valence-corrected chi connectivity index (χ3v) is 6.11. The predicted molar refractivity (Wildman–Crippen MR) is 111 cm³/mol. The van der Waals surface area contributed by atoms with Crippen LogP contribution in [0.5, 0.6) is 0 Å². The van der Waals surface area contributed by atoms with Crippen LogP contribution in [0, 0.1) is 5.92 Å². The minimum absolute atomic E-state index is 0.0537. The molecule has 154 valence electrons. The van der Waals surface area contributed by atoms with E-state index in [1.165, 1.54) is 0 Å². The van der Waals surface area contributed by atoms with Crippen LogP contribution in [0.15, 0.2) is 43.1 Å². The highest BCUT2D eigenvalue weighted by Gasteiger charge is 2.32. The molecule has 4 heterocycles. The van der Waals surface area contributed by atoms with Crippen LogP contribution in [0.3, 0.4) is 0 Å². The van der Waals surface area contributed by atoms with Crippen molar-refractivity contribution in [2.75, 3.05) is 26.2 Å². The molecule has 0 bridgehead atoms. The van der Waals surface area contributed by atoms with Crippen molar-refractivity contribution in [2.45, 2.75) is 25.8 Å². The Kier molecular flexibility index (Phi) is 4.90. The highest BCUT2D eigenvalue weighted by Crippen LogP contribution is 2.28. The summed E-state index contributed by atoms with van der Waals surface area (Å²) in [6, 6.07) is 5.71. The van der Waals surface area contributed by atoms with Crippen LogP contribution in [-0.4, -0.2) is 67.3 Å². The van der Waals surface area contributed by atoms with E-state index >= 15 is 0 Å². The lowest BCUT2D eigenvalue weighted by molar-refractivity contribution is -0.139. The molecule has 1 saturated carbocycles. The number of carbonyl (C=O) groups is 2. The van der Waals surface area contributed by atoms with Crippen molar-refractivity contribution in [2.24, 2.45) is 5.92 Å². The number of amides is 2. The van der Waals surface area contributed by atoms with E-state index in [-0.39, 0.29) is 17.7 Å². The molecular weight excluding hydrogens is 380 g/mol. The molecule has 8 nitrogen and oxygen atoms in total. The lowest BCUT2D eigenvalue weighted by Gasteiger charge is -2.38. The Morgan fingerprint density at radius 3 is 2.53 bits per heavy atom. The van der Waals surface area contributed by atoms with Crippen molar-refractivity contribution in [3.63, 3.8) is 0 Å². The molecule has 2 fully saturated rings. The molecule has 2 amide bonds. The Balaban J connectivity index is 1.26. The summed E-state index contributed by atoms with van der Waals surface area (Å²) >= 11 is 0. The third kappa shape index (κ3) is 3.53. The highest BCUT2D eigenvalue weighted by molar-refractivity contribution is 5.96. The summed E-state index contributed by atoms with van der Waals surface area (Å²) in [5, 5.41) is 0. The quantitative estimate of drug-likeness (QED) is 0.664. The molecule has 0 atom stereocenters. The van der Waals surface area contributed by atoms with Gasteiger partial charge in [0, 0.05) is 50.7 Å². The molecule has 3 aromatic rings. The minimum atomic E-state index is -0.0537. The van der Waals surface area contributed by atoms with E-state index in [2.05, 4.69) is 15.0 Å². The summed E-state index contributed by atoms with van der Waals surface area (Å²) in [5.41, 5.74) is 3.04. The molecule has 0 spiro atoms. The van der Waals surface area contributed by atoms with Crippen LogP contribution in [-0.2, 0) is 11.3 Å². The number of carbonyl (C=O) groups excluding carboxylic acids is 2. The molecule has 0 N–H and O–H groups in total. The molecule has 8 heteroatoms. The van der Waals surface area contributed by atoms with Gasteiger partial charge in [-0.1, -0.05) is 12.5 Å². The molecule has 2 aliphatic rings. The lowest BCUT2D eigenvalue weighted by Crippen LogP contribution is -2.52. The van der Waals surface area contributed by atoms with E-state index < -0.39 is 0 Å². The van der Waals surface area contributed by atoms with Crippen molar-refractivity contribution < 1.29 is 9.59 Å². The van der Waals surface area contributed by atoms with E-state index in [0.29, 0.717) is 43.8 Å². The maximum atomic E-state index is 13.0. The van der Waals surface area contributed by atoms with Gasteiger partial charge in [-0.2, -0.15) is 0 Å². The van der Waals surface area contributed by atoms with Crippen molar-refractivity contribution in [3.05, 3.63) is 54.2 Å². The minimum Gasteiger partial charge on any atom is -0.339 e. The highest BCUT2D eigenvalue weighted by atomic mass is 16.2. The second-order valence-electron chi connectivity index (χ2n) is 8.05. The van der Waals surface area contributed by atoms with Gasteiger partial charge in [-0.15, -0.1) is 0 Å². The first-order valence-electron chi connectivity index (χ1n) is 10.5. The van der Waals surface area contributed by atoms with Crippen molar-refractivity contribution in [1.29, 1.82) is 0 Å². The van der Waals surface area contributed by atoms with Gasteiger partial charge in [-0.3, -0.25) is 14.6 Å². The number of hydrogen-bond donors (Lipinski definition) is 0. The van der Waals surface area contributed by atoms with E-state index in [0.717, 1.165) is 30.5 Å². The topological polar surface area (TPSA) is 84.2 Å². The number of hydrogen-bond acceptors (Lipinski definition) is 5. The van der Waals surface area contributed by atoms with Gasteiger partial charge in [0.1, 0.15) is 5.52 Å². The number of fused-ring (bicyclic) bond motifs is 1. The summed E-state index contributed by atoms with van der Waals surface area (Å²) < 4.78 is 1.95. The standard InChI is InChI=1S/C22H24N6O2/c29-21(17-4-1-5-17)26-7-9-27(10-8-26)22(30)18-11-19-20(24-13-18)28(15-25-19)14-16-3-2-6-23-12-16/h2-3,6,11-13,15,17H,1,4-5,7-10,14H2. The van der Waals surface area contributed by atoms with Crippen LogP contribution in [0.25, 0.3) is 11.2 Å². The summed E-state index contributed by atoms with van der Waals surface area (Å²) in [7, 11) is 0. The Morgan fingerprint density at radius 2 is 1.83 bits per heavy atom. The number of piperazine rings is 1. The first-order chi connectivity index (χ1) is 14.7. The SMILES string of the molecule is O=C(c1cnc2c(c1)ncn2Cc1cccnc1)N1CCN(C(=O)C2CCC2)CC1. The molecule has 0 unspecified atom stereocenters. The Morgan fingerprint density at radius 1 is 1.03 bits per heavy atom. The van der Waals surface area contributed by atoms with Gasteiger partial charge >= 0.3 is 0 Å². The van der Waals surface area contributed by atoms with Crippen LogP contribution in [0.2, 0.25) is 0 Å². The van der Waals surface area contributed by atoms with Crippen molar-refractivity contribution in [1.82, 2.24) is 29.3 Å². The Bertz CT molecular complexity index is 1070. The first-order valence-corrected chi connectivity index (χ1v) is 10.5. The summed E-state index contributed by atoms with van der Waals surface area (Å²) in [6.45, 7) is 2.96. The molecule has 30 heavy (non-hydrogen) atoms. The van der Waals surface area contributed by atoms with Crippen LogP contribution >= 0.6 is 0 Å². The van der Waals surface area contributed by atoms with Gasteiger partial charge in [-0.25, -0.2) is 9.97 Å². The average molecular weight is 404 g/mol. The lowest BCUT2D eigenvalue weighted by atomic mass is 9.84. The number of rotatable bonds is 4. The van der Waals surface area contributed by atoms with Crippen LogP contribution < -0.4 is 0 Å². The number of aromatic nitrogens is 4. The third-order valence-electron chi connectivity index (χ3n) is 6.11. The smallest absolute Gasteiger partial charge is 0.255 e. The van der Waals surface area contributed by atoms with Gasteiger partial charge in [0.2, 0.25) is 5.91 Å². The van der Waals surface area contributed by atoms with Gasteiger partial charge < -0.3 is 14.4 Å². The zero-order valence-corrected chi connectivity index (χ0v) is 16.8. The zero-order valence-electron chi connectivity index (χ0n) is 16.8. The fraction of sp³-hybridized carbons (Fsp3) is 0.409. The summed E-state index contributed by atoms with van der Waals surface area (Å²) in [6.07, 6.45) is 10.1. The monoisotopic (exact) mass is 404 g/mol. The van der Waals surface area contributed by atoms with Crippen LogP contribution in [0.4, 0.5) is 0 Å². The fourth-order valence-electron chi connectivity index (χ4n) is 4.10. The van der Waals surface area contributed by atoms with Crippen LogP contribution in [0.1, 0.15) is 35.2 Å². The molecule has 0 radical (unpaired) electrons. The molecule has 1 saturated heterocycles. The van der Waals surface area contributed by atoms with Gasteiger partial charge in [0.05, 0.1) is 18.4 Å². The molecule has 1 aliphatic carbocycles. The van der Waals surface area contributed by atoms with Gasteiger partial charge in [0.15, 0.2) is 5.65 Å². The van der Waals surface area contributed by atoms with Crippen molar-refractivity contribution in [3.8, 4) is 0 Å². The number of imidazole rings is 1. The van der Waals surface area contributed by atoms with E-state index in [1.54, 1.807) is 29.7 Å².